The van der Waals surface area contributed by atoms with Crippen molar-refractivity contribution >= 4 is 5.97 Å². The summed E-state index contributed by atoms with van der Waals surface area (Å²) in [4.78, 5) is 15.9. The number of carbonyl (C=O) groups is 1. The van der Waals surface area contributed by atoms with Crippen LogP contribution in [0.2, 0.25) is 0 Å². The van der Waals surface area contributed by atoms with Crippen LogP contribution < -0.4 is 5.73 Å². The van der Waals surface area contributed by atoms with Gasteiger partial charge in [-0.15, -0.1) is 0 Å². The van der Waals surface area contributed by atoms with Crippen LogP contribution in [0.25, 0.3) is 0 Å². The summed E-state index contributed by atoms with van der Waals surface area (Å²) < 4.78 is 2.27. The van der Waals surface area contributed by atoms with Crippen LogP contribution in [-0.4, -0.2) is 26.2 Å². The van der Waals surface area contributed by atoms with E-state index in [4.69, 9.17) is 5.73 Å². The van der Waals surface area contributed by atoms with Gasteiger partial charge in [0.2, 0.25) is 0 Å². The lowest BCUT2D eigenvalue weighted by Gasteiger charge is -2.22. The molecule has 0 bridgehead atoms. The number of aromatic nitrogens is 2. The first-order chi connectivity index (χ1) is 9.01. The molecule has 3 rings (SSSR count). The summed E-state index contributed by atoms with van der Waals surface area (Å²) in [5.74, 6) is 0.146. The molecule has 1 aromatic heterocycles. The van der Waals surface area contributed by atoms with Crippen LogP contribution >= 0.6 is 0 Å². The Morgan fingerprint density at radius 2 is 2.21 bits per heavy atom. The van der Waals surface area contributed by atoms with Gasteiger partial charge in [0.05, 0.1) is 5.69 Å². The average molecular weight is 263 g/mol. The van der Waals surface area contributed by atoms with Gasteiger partial charge in [-0.25, -0.2) is 4.98 Å². The van der Waals surface area contributed by atoms with Gasteiger partial charge in [-0.3, -0.25) is 4.79 Å². The van der Waals surface area contributed by atoms with Crippen molar-refractivity contribution in [3.8, 4) is 0 Å². The second-order valence-corrected chi connectivity index (χ2v) is 5.99. The maximum Gasteiger partial charge on any atom is 0.323 e. The van der Waals surface area contributed by atoms with Crippen LogP contribution in [0, 0.1) is 6.92 Å². The van der Waals surface area contributed by atoms with Gasteiger partial charge in [-0.2, -0.15) is 0 Å². The molecule has 104 valence electrons. The minimum absolute atomic E-state index is 0.204. The average Bonchev–Trinajstić information content (AvgIpc) is 2.90. The lowest BCUT2D eigenvalue weighted by Crippen LogP contribution is -2.45. The molecule has 1 heterocycles. The first-order valence-electron chi connectivity index (χ1n) is 7.10. The molecule has 2 unspecified atom stereocenters. The summed E-state index contributed by atoms with van der Waals surface area (Å²) in [5, 5.41) is 9.25. The van der Waals surface area contributed by atoms with E-state index >= 15 is 0 Å². The van der Waals surface area contributed by atoms with Gasteiger partial charge in [0.1, 0.15) is 11.4 Å². The number of hydrogen-bond donors (Lipinski definition) is 2. The number of hydrogen-bond acceptors (Lipinski definition) is 3. The normalized spacial score (nSPS) is 30.3. The van der Waals surface area contributed by atoms with Crippen molar-refractivity contribution in [1.29, 1.82) is 0 Å². The molecule has 2 aliphatic carbocycles. The summed E-state index contributed by atoms with van der Waals surface area (Å²) >= 11 is 0. The van der Waals surface area contributed by atoms with E-state index in [1.54, 1.807) is 0 Å². The lowest BCUT2D eigenvalue weighted by atomic mass is 9.98. The molecule has 0 aromatic carbocycles. The number of imidazole rings is 1. The molecule has 1 saturated carbocycles. The zero-order valence-electron chi connectivity index (χ0n) is 11.4. The predicted octanol–water partition coefficient (Wildman–Crippen LogP) is 1.58. The van der Waals surface area contributed by atoms with Crippen molar-refractivity contribution in [1.82, 2.24) is 9.55 Å². The monoisotopic (exact) mass is 263 g/mol. The molecule has 1 fully saturated rings. The van der Waals surface area contributed by atoms with E-state index in [-0.39, 0.29) is 6.04 Å². The van der Waals surface area contributed by atoms with E-state index in [1.807, 2.05) is 6.92 Å². The Hall–Kier alpha value is -1.36. The minimum Gasteiger partial charge on any atom is -0.480 e. The topological polar surface area (TPSA) is 81.1 Å². The fourth-order valence-corrected chi connectivity index (χ4v) is 3.65. The molecule has 0 aliphatic heterocycles. The number of aryl methyl sites for hydroxylation is 2. The van der Waals surface area contributed by atoms with Gasteiger partial charge in [0.25, 0.3) is 0 Å². The first-order valence-corrected chi connectivity index (χ1v) is 7.10. The molecular formula is C14H21N3O2. The Balaban J connectivity index is 1.92. The van der Waals surface area contributed by atoms with Crippen molar-refractivity contribution in [2.45, 2.75) is 63.5 Å². The Morgan fingerprint density at radius 3 is 2.89 bits per heavy atom. The van der Waals surface area contributed by atoms with Gasteiger partial charge < -0.3 is 15.4 Å². The first kappa shape index (κ1) is 12.7. The molecule has 0 saturated heterocycles. The van der Waals surface area contributed by atoms with Gasteiger partial charge >= 0.3 is 5.97 Å². The standard InChI is InChI=1S/C14H21N3O2/c1-9-16-11-4-2-3-5-12(11)17(9)10-6-7-14(15,8-10)13(18)19/h10H,2-8,15H2,1H3,(H,18,19). The molecular weight excluding hydrogens is 242 g/mol. The molecule has 2 aliphatic rings. The van der Waals surface area contributed by atoms with Gasteiger partial charge in [-0.05, 0) is 51.9 Å². The van der Waals surface area contributed by atoms with Crippen molar-refractivity contribution in [2.75, 3.05) is 0 Å². The Morgan fingerprint density at radius 1 is 1.47 bits per heavy atom. The molecule has 0 spiro atoms. The molecule has 19 heavy (non-hydrogen) atoms. The fourth-order valence-electron chi connectivity index (χ4n) is 3.65. The van der Waals surface area contributed by atoms with Gasteiger partial charge in [0.15, 0.2) is 0 Å². The van der Waals surface area contributed by atoms with E-state index in [0.29, 0.717) is 12.8 Å². The van der Waals surface area contributed by atoms with Crippen molar-refractivity contribution < 1.29 is 9.90 Å². The fraction of sp³-hybridized carbons (Fsp3) is 0.714. The van der Waals surface area contributed by atoms with E-state index in [0.717, 1.165) is 25.1 Å². The van der Waals surface area contributed by atoms with Crippen LogP contribution in [-0.2, 0) is 17.6 Å². The van der Waals surface area contributed by atoms with E-state index in [2.05, 4.69) is 9.55 Å². The Kier molecular flexibility index (Phi) is 2.89. The third-order valence-corrected chi connectivity index (χ3v) is 4.66. The molecule has 1 aromatic rings. The second-order valence-electron chi connectivity index (χ2n) is 5.99. The van der Waals surface area contributed by atoms with Crippen LogP contribution in [0.1, 0.15) is 55.4 Å². The molecule has 3 N–H and O–H groups in total. The number of rotatable bonds is 2. The van der Waals surface area contributed by atoms with Crippen molar-refractivity contribution in [2.24, 2.45) is 5.73 Å². The zero-order chi connectivity index (χ0) is 13.6. The maximum atomic E-state index is 11.3. The van der Waals surface area contributed by atoms with Crippen molar-refractivity contribution in [3.05, 3.63) is 17.2 Å². The third kappa shape index (κ3) is 1.96. The summed E-state index contributed by atoms with van der Waals surface area (Å²) in [6.07, 6.45) is 6.46. The highest BCUT2D eigenvalue weighted by Crippen LogP contribution is 2.39. The number of nitrogens with zero attached hydrogens (tertiary/aromatic N) is 2. The van der Waals surface area contributed by atoms with Crippen LogP contribution in [0.5, 0.6) is 0 Å². The highest BCUT2D eigenvalue weighted by Gasteiger charge is 2.43. The summed E-state index contributed by atoms with van der Waals surface area (Å²) in [6, 6.07) is 0.204. The molecule has 0 radical (unpaired) electrons. The van der Waals surface area contributed by atoms with E-state index in [1.165, 1.54) is 24.2 Å². The summed E-state index contributed by atoms with van der Waals surface area (Å²) in [5.41, 5.74) is 7.48. The quantitative estimate of drug-likeness (QED) is 0.848. The van der Waals surface area contributed by atoms with Gasteiger partial charge in [0, 0.05) is 11.7 Å². The Bertz CT molecular complexity index is 523. The highest BCUT2D eigenvalue weighted by atomic mass is 16.4. The largest absolute Gasteiger partial charge is 0.480 e. The SMILES string of the molecule is Cc1nc2c(n1C1CCC(N)(C(=O)O)C1)CCCC2. The predicted molar refractivity (Wildman–Crippen MR) is 71.0 cm³/mol. The van der Waals surface area contributed by atoms with Crippen LogP contribution in [0.15, 0.2) is 0 Å². The minimum atomic E-state index is -1.05. The number of carboxylic acids is 1. The molecule has 5 heteroatoms. The zero-order valence-corrected chi connectivity index (χ0v) is 11.4. The smallest absolute Gasteiger partial charge is 0.323 e. The molecule has 2 atom stereocenters. The number of aliphatic carboxylic acids is 1. The summed E-state index contributed by atoms with van der Waals surface area (Å²) in [6.45, 7) is 2.02. The second kappa shape index (κ2) is 4.34. The van der Waals surface area contributed by atoms with Crippen LogP contribution in [0.3, 0.4) is 0 Å². The number of nitrogens with two attached hydrogens (primary N) is 1. The maximum absolute atomic E-state index is 11.3. The third-order valence-electron chi connectivity index (χ3n) is 4.66. The number of carboxylic acid groups (broad SMARTS) is 1. The number of fused-ring (bicyclic) bond motifs is 1. The molecule has 0 amide bonds. The Labute approximate surface area is 112 Å². The van der Waals surface area contributed by atoms with E-state index in [9.17, 15) is 9.90 Å². The van der Waals surface area contributed by atoms with Crippen LogP contribution in [0.4, 0.5) is 0 Å². The lowest BCUT2D eigenvalue weighted by molar-refractivity contribution is -0.143. The summed E-state index contributed by atoms with van der Waals surface area (Å²) in [7, 11) is 0. The molecule has 5 nitrogen and oxygen atoms in total. The van der Waals surface area contributed by atoms with E-state index < -0.39 is 11.5 Å². The highest BCUT2D eigenvalue weighted by molar-refractivity contribution is 5.78. The van der Waals surface area contributed by atoms with Crippen molar-refractivity contribution in [3.63, 3.8) is 0 Å². The van der Waals surface area contributed by atoms with Gasteiger partial charge in [-0.1, -0.05) is 0 Å².